The fourth-order valence-corrected chi connectivity index (χ4v) is 2.35. The van der Waals surface area contributed by atoms with Crippen LogP contribution in [0.3, 0.4) is 0 Å². The van der Waals surface area contributed by atoms with Crippen molar-refractivity contribution in [3.8, 4) is 0 Å². The van der Waals surface area contributed by atoms with Gasteiger partial charge in [0, 0.05) is 18.7 Å². The van der Waals surface area contributed by atoms with Gasteiger partial charge in [-0.3, -0.25) is 0 Å². The molecule has 0 aliphatic carbocycles. The van der Waals surface area contributed by atoms with Gasteiger partial charge in [0.05, 0.1) is 0 Å². The van der Waals surface area contributed by atoms with E-state index in [1.54, 1.807) is 6.33 Å². The number of aromatic nitrogens is 2. The summed E-state index contributed by atoms with van der Waals surface area (Å²) in [7, 11) is 1.85. The number of benzene rings is 1. The molecule has 112 valence electrons. The van der Waals surface area contributed by atoms with E-state index < -0.39 is 0 Å². The minimum Gasteiger partial charge on any atom is -0.373 e. The molecule has 0 saturated heterocycles. The molecule has 0 spiro atoms. The minimum absolute atomic E-state index is 0.195. The summed E-state index contributed by atoms with van der Waals surface area (Å²) < 4.78 is 12.9. The van der Waals surface area contributed by atoms with Crippen molar-refractivity contribution in [3.05, 3.63) is 47.5 Å². The predicted molar refractivity (Wildman–Crippen MR) is 84.1 cm³/mol. The van der Waals surface area contributed by atoms with Gasteiger partial charge in [0.1, 0.15) is 23.8 Å². The summed E-state index contributed by atoms with van der Waals surface area (Å²) in [6, 6.07) is 6.80. The fourth-order valence-electron chi connectivity index (χ4n) is 2.35. The maximum Gasteiger partial charge on any atom is 0.134 e. The summed E-state index contributed by atoms with van der Waals surface area (Å²) >= 11 is 0. The number of halogens is 1. The van der Waals surface area contributed by atoms with Gasteiger partial charge in [-0.2, -0.15) is 0 Å². The number of hydrogen-bond acceptors (Lipinski definition) is 4. The maximum atomic E-state index is 12.9. The van der Waals surface area contributed by atoms with E-state index in [0.29, 0.717) is 0 Å². The molecule has 0 fully saturated rings. The zero-order valence-electron chi connectivity index (χ0n) is 12.7. The lowest BCUT2D eigenvalue weighted by atomic mass is 10.1. The largest absolute Gasteiger partial charge is 0.373 e. The molecule has 0 radical (unpaired) electrons. The van der Waals surface area contributed by atoms with Crippen molar-refractivity contribution in [1.29, 1.82) is 0 Å². The van der Waals surface area contributed by atoms with Gasteiger partial charge >= 0.3 is 0 Å². The molecule has 0 aliphatic rings. The van der Waals surface area contributed by atoms with Crippen LogP contribution in [-0.4, -0.2) is 23.1 Å². The first-order chi connectivity index (χ1) is 10.1. The molecule has 2 aromatic rings. The van der Waals surface area contributed by atoms with E-state index in [0.717, 1.165) is 35.6 Å². The van der Waals surface area contributed by atoms with Gasteiger partial charge < -0.3 is 10.6 Å². The monoisotopic (exact) mass is 288 g/mol. The van der Waals surface area contributed by atoms with E-state index in [1.807, 2.05) is 19.2 Å². The summed E-state index contributed by atoms with van der Waals surface area (Å²) in [5, 5.41) is 6.50. The Morgan fingerprint density at radius 1 is 1.14 bits per heavy atom. The third-order valence-electron chi connectivity index (χ3n) is 3.37. The second-order valence-electron chi connectivity index (χ2n) is 5.03. The second-order valence-corrected chi connectivity index (χ2v) is 5.03. The summed E-state index contributed by atoms with van der Waals surface area (Å²) in [4.78, 5) is 8.56. The highest BCUT2D eigenvalue weighted by atomic mass is 19.1. The fraction of sp³-hybridized carbons (Fsp3) is 0.375. The quantitative estimate of drug-likeness (QED) is 0.856. The van der Waals surface area contributed by atoms with E-state index in [-0.39, 0.29) is 11.9 Å². The van der Waals surface area contributed by atoms with Gasteiger partial charge in [-0.25, -0.2) is 14.4 Å². The van der Waals surface area contributed by atoms with Crippen molar-refractivity contribution < 1.29 is 4.39 Å². The number of hydrogen-bond donors (Lipinski definition) is 2. The van der Waals surface area contributed by atoms with Crippen LogP contribution in [0, 0.1) is 5.82 Å². The molecule has 0 aliphatic heterocycles. The summed E-state index contributed by atoms with van der Waals surface area (Å²) in [6.07, 6.45) is 3.21. The summed E-state index contributed by atoms with van der Waals surface area (Å²) in [5.41, 5.74) is 2.17. The Hall–Kier alpha value is -2.17. The van der Waals surface area contributed by atoms with E-state index in [9.17, 15) is 4.39 Å². The molecular weight excluding hydrogens is 267 g/mol. The molecule has 1 unspecified atom stereocenters. The molecule has 0 bridgehead atoms. The Morgan fingerprint density at radius 2 is 1.81 bits per heavy atom. The van der Waals surface area contributed by atoms with Crippen LogP contribution in [0.4, 0.5) is 16.0 Å². The van der Waals surface area contributed by atoms with Gasteiger partial charge in [0.25, 0.3) is 0 Å². The van der Waals surface area contributed by atoms with Crippen LogP contribution < -0.4 is 10.6 Å². The molecule has 1 aromatic heterocycles. The van der Waals surface area contributed by atoms with Gasteiger partial charge in [-0.1, -0.05) is 19.1 Å². The molecule has 1 atom stereocenters. The van der Waals surface area contributed by atoms with Crippen molar-refractivity contribution in [3.63, 3.8) is 0 Å². The van der Waals surface area contributed by atoms with E-state index in [4.69, 9.17) is 0 Å². The third-order valence-corrected chi connectivity index (χ3v) is 3.37. The number of nitrogens with one attached hydrogen (secondary N) is 2. The molecule has 21 heavy (non-hydrogen) atoms. The minimum atomic E-state index is -0.206. The van der Waals surface area contributed by atoms with E-state index in [2.05, 4.69) is 34.4 Å². The first kappa shape index (κ1) is 15.2. The lowest BCUT2D eigenvalue weighted by Gasteiger charge is -2.18. The van der Waals surface area contributed by atoms with Crippen molar-refractivity contribution in [2.24, 2.45) is 0 Å². The Balaban J connectivity index is 2.08. The Kier molecular flexibility index (Phi) is 5.09. The molecule has 4 nitrogen and oxygen atoms in total. The Labute approximate surface area is 124 Å². The van der Waals surface area contributed by atoms with Gasteiger partial charge in [-0.15, -0.1) is 0 Å². The first-order valence-electron chi connectivity index (χ1n) is 7.16. The lowest BCUT2D eigenvalue weighted by Crippen LogP contribution is -2.20. The molecule has 1 heterocycles. The molecule has 0 amide bonds. The highest BCUT2D eigenvalue weighted by Crippen LogP contribution is 2.21. The van der Waals surface area contributed by atoms with Crippen LogP contribution in [0.2, 0.25) is 0 Å². The molecule has 1 aromatic carbocycles. The Morgan fingerprint density at radius 3 is 2.43 bits per heavy atom. The maximum absolute atomic E-state index is 12.9. The van der Waals surface area contributed by atoms with E-state index >= 15 is 0 Å². The van der Waals surface area contributed by atoms with Crippen LogP contribution in [0.1, 0.15) is 25.0 Å². The highest BCUT2D eigenvalue weighted by molar-refractivity contribution is 5.57. The van der Waals surface area contributed by atoms with Crippen molar-refractivity contribution in [2.45, 2.75) is 32.7 Å². The van der Waals surface area contributed by atoms with Crippen LogP contribution in [0.25, 0.3) is 0 Å². The number of nitrogens with zero attached hydrogens (tertiary/aromatic N) is 2. The first-order valence-corrected chi connectivity index (χ1v) is 7.16. The van der Waals surface area contributed by atoms with Crippen LogP contribution >= 0.6 is 0 Å². The van der Waals surface area contributed by atoms with Crippen molar-refractivity contribution in [2.75, 3.05) is 17.7 Å². The van der Waals surface area contributed by atoms with E-state index in [1.165, 1.54) is 12.1 Å². The standard InChI is InChI=1S/C16H21FN4/c1-4-14-15(18-3)19-10-20-16(14)21-11(2)9-12-5-7-13(17)8-6-12/h5-8,10-11H,4,9H2,1-3H3,(H2,18,19,20,21). The zero-order valence-corrected chi connectivity index (χ0v) is 12.7. The topological polar surface area (TPSA) is 49.8 Å². The van der Waals surface area contributed by atoms with Gasteiger partial charge in [0.15, 0.2) is 0 Å². The van der Waals surface area contributed by atoms with Crippen LogP contribution in [0.15, 0.2) is 30.6 Å². The molecule has 2 N–H and O–H groups in total. The zero-order chi connectivity index (χ0) is 15.2. The van der Waals surface area contributed by atoms with Crippen molar-refractivity contribution in [1.82, 2.24) is 9.97 Å². The van der Waals surface area contributed by atoms with Crippen LogP contribution in [0.5, 0.6) is 0 Å². The second kappa shape index (κ2) is 7.02. The third kappa shape index (κ3) is 3.90. The number of rotatable bonds is 6. The summed E-state index contributed by atoms with van der Waals surface area (Å²) in [6.45, 7) is 4.17. The smallest absolute Gasteiger partial charge is 0.134 e. The van der Waals surface area contributed by atoms with Gasteiger partial charge in [0.2, 0.25) is 0 Å². The average molecular weight is 288 g/mol. The highest BCUT2D eigenvalue weighted by Gasteiger charge is 2.11. The summed E-state index contributed by atoms with van der Waals surface area (Å²) in [5.74, 6) is 1.50. The van der Waals surface area contributed by atoms with Crippen molar-refractivity contribution >= 4 is 11.6 Å². The van der Waals surface area contributed by atoms with Crippen LogP contribution in [-0.2, 0) is 12.8 Å². The predicted octanol–water partition coefficient (Wildman–Crippen LogP) is 3.26. The molecule has 5 heteroatoms. The normalized spacial score (nSPS) is 12.0. The average Bonchev–Trinajstić information content (AvgIpc) is 2.49. The lowest BCUT2D eigenvalue weighted by molar-refractivity contribution is 0.626. The SMILES string of the molecule is CCc1c(NC)ncnc1NC(C)Cc1ccc(F)cc1. The molecular formula is C16H21FN4. The Bertz CT molecular complexity index is 583. The molecule has 2 rings (SSSR count). The number of anilines is 2. The van der Waals surface area contributed by atoms with Gasteiger partial charge in [-0.05, 0) is 37.5 Å². The molecule has 0 saturated carbocycles.